The second-order valence-corrected chi connectivity index (χ2v) is 3.89. The van der Waals surface area contributed by atoms with Crippen LogP contribution in [0, 0.1) is 17.0 Å². The molecule has 2 rings (SSSR count). The number of pyridine rings is 1. The summed E-state index contributed by atoms with van der Waals surface area (Å²) in [6.45, 7) is 1.71. The molecule has 0 aliphatic carbocycles. The van der Waals surface area contributed by atoms with E-state index >= 15 is 0 Å². The highest BCUT2D eigenvalue weighted by Crippen LogP contribution is 2.23. The van der Waals surface area contributed by atoms with Gasteiger partial charge in [0.25, 0.3) is 0 Å². The van der Waals surface area contributed by atoms with Gasteiger partial charge in [-0.3, -0.25) is 0 Å². The van der Waals surface area contributed by atoms with E-state index in [1.165, 1.54) is 17.2 Å². The lowest BCUT2D eigenvalue weighted by molar-refractivity contribution is -0.389. The molecule has 0 fully saturated rings. The number of hydrogen-bond donors (Lipinski definition) is 0. The molecule has 0 amide bonds. The van der Waals surface area contributed by atoms with Crippen LogP contribution in [0.2, 0.25) is 0 Å². The van der Waals surface area contributed by atoms with Gasteiger partial charge < -0.3 is 10.1 Å². The predicted molar refractivity (Wildman–Crippen MR) is 58.2 cm³/mol. The third kappa shape index (κ3) is 1.78. The molecule has 2 heterocycles. The Morgan fingerprint density at radius 2 is 2.25 bits per heavy atom. The third-order valence-electron chi connectivity index (χ3n) is 1.93. The Kier molecular flexibility index (Phi) is 2.65. The number of nitro groups is 1. The minimum Gasteiger partial charge on any atom is -0.358 e. The molecule has 2 aromatic heterocycles. The van der Waals surface area contributed by atoms with Crippen LogP contribution in [0.4, 0.5) is 5.82 Å². The summed E-state index contributed by atoms with van der Waals surface area (Å²) in [5.41, 5.74) is 0.286. The van der Waals surface area contributed by atoms with E-state index in [-0.39, 0.29) is 11.5 Å². The molecular weight excluding hydrogens is 278 g/mol. The van der Waals surface area contributed by atoms with Gasteiger partial charge in [-0.2, -0.15) is 5.10 Å². The third-order valence-corrected chi connectivity index (χ3v) is 2.37. The van der Waals surface area contributed by atoms with Crippen LogP contribution in [0.25, 0.3) is 5.69 Å². The van der Waals surface area contributed by atoms with E-state index in [1.807, 2.05) is 0 Å². The molecule has 0 aromatic carbocycles. The van der Waals surface area contributed by atoms with E-state index in [9.17, 15) is 10.1 Å². The van der Waals surface area contributed by atoms with Crippen molar-refractivity contribution in [2.24, 2.45) is 0 Å². The maximum atomic E-state index is 10.8. The highest BCUT2D eigenvalue weighted by atomic mass is 79.9. The van der Waals surface area contributed by atoms with Gasteiger partial charge in [-0.1, -0.05) is 0 Å². The molecule has 0 N–H and O–H groups in total. The first-order chi connectivity index (χ1) is 7.59. The van der Waals surface area contributed by atoms with Crippen molar-refractivity contribution in [3.63, 3.8) is 0 Å². The monoisotopic (exact) mass is 283 g/mol. The molecular formula is C8H6BrN5O2. The first-order valence-corrected chi connectivity index (χ1v) is 5.06. The maximum absolute atomic E-state index is 10.8. The lowest BCUT2D eigenvalue weighted by Crippen LogP contribution is -2.05. The lowest BCUT2D eigenvalue weighted by atomic mass is 10.4. The summed E-state index contributed by atoms with van der Waals surface area (Å²) in [5, 5.41) is 14.7. The quantitative estimate of drug-likeness (QED) is 0.618. The minimum absolute atomic E-state index is 0.253. The number of aryl methyl sites for hydroxylation is 1. The van der Waals surface area contributed by atoms with Crippen molar-refractivity contribution in [1.82, 2.24) is 19.7 Å². The number of halogens is 1. The summed E-state index contributed by atoms with van der Waals surface area (Å²) in [7, 11) is 0. The second-order valence-electron chi connectivity index (χ2n) is 2.97. The fourth-order valence-electron chi connectivity index (χ4n) is 1.25. The zero-order valence-electron chi connectivity index (χ0n) is 8.16. The normalized spacial score (nSPS) is 10.4. The second kappa shape index (κ2) is 3.97. The first-order valence-electron chi connectivity index (χ1n) is 4.26. The summed E-state index contributed by atoms with van der Waals surface area (Å²) >= 11 is 3.21. The average molecular weight is 284 g/mol. The number of rotatable bonds is 2. The topological polar surface area (TPSA) is 86.7 Å². The van der Waals surface area contributed by atoms with Crippen LogP contribution in [0.1, 0.15) is 5.82 Å². The van der Waals surface area contributed by atoms with E-state index in [1.54, 1.807) is 13.0 Å². The van der Waals surface area contributed by atoms with Crippen molar-refractivity contribution in [2.45, 2.75) is 6.92 Å². The molecule has 0 saturated carbocycles. The van der Waals surface area contributed by atoms with Gasteiger partial charge in [-0.15, -0.1) is 0 Å². The maximum Gasteiger partial charge on any atom is 0.389 e. The standard InChI is InChI=1S/C8H6BrN5O2/c1-5-11-4-12-13(5)7-2-6(9)3-10-8(7)14(15)16/h2-4H,1H3. The van der Waals surface area contributed by atoms with Gasteiger partial charge in [0.2, 0.25) is 0 Å². The van der Waals surface area contributed by atoms with Crippen molar-refractivity contribution in [3.8, 4) is 5.69 Å². The van der Waals surface area contributed by atoms with E-state index in [0.29, 0.717) is 10.3 Å². The predicted octanol–water partition coefficient (Wildman–Crippen LogP) is 1.64. The van der Waals surface area contributed by atoms with Crippen LogP contribution < -0.4 is 0 Å². The molecule has 0 radical (unpaired) electrons. The Balaban J connectivity index is 2.67. The number of nitrogens with zero attached hydrogens (tertiary/aromatic N) is 5. The molecule has 7 nitrogen and oxygen atoms in total. The SMILES string of the molecule is Cc1ncnn1-c1cc(Br)cnc1[N+](=O)[O-]. The van der Waals surface area contributed by atoms with Crippen molar-refractivity contribution >= 4 is 21.7 Å². The molecule has 0 atom stereocenters. The summed E-state index contributed by atoms with van der Waals surface area (Å²) in [4.78, 5) is 17.9. The molecule has 8 heteroatoms. The zero-order chi connectivity index (χ0) is 11.7. The lowest BCUT2D eigenvalue weighted by Gasteiger charge is -2.03. The molecule has 0 saturated heterocycles. The minimum atomic E-state index is -0.553. The largest absolute Gasteiger partial charge is 0.389 e. The highest BCUT2D eigenvalue weighted by molar-refractivity contribution is 9.10. The summed E-state index contributed by atoms with van der Waals surface area (Å²) < 4.78 is 2.01. The van der Waals surface area contributed by atoms with Gasteiger partial charge in [0, 0.05) is 0 Å². The van der Waals surface area contributed by atoms with Crippen molar-refractivity contribution < 1.29 is 4.92 Å². The number of aromatic nitrogens is 4. The molecule has 0 spiro atoms. The molecule has 16 heavy (non-hydrogen) atoms. The van der Waals surface area contributed by atoms with Crippen molar-refractivity contribution in [2.75, 3.05) is 0 Å². The Morgan fingerprint density at radius 1 is 1.50 bits per heavy atom. The molecule has 0 aliphatic rings. The Labute approximate surface area is 98.4 Å². The van der Waals surface area contributed by atoms with E-state index in [4.69, 9.17) is 0 Å². The van der Waals surface area contributed by atoms with Crippen LogP contribution in [0.5, 0.6) is 0 Å². The van der Waals surface area contributed by atoms with Crippen LogP contribution >= 0.6 is 15.9 Å². The number of hydrogen-bond acceptors (Lipinski definition) is 5. The van der Waals surface area contributed by atoms with Crippen LogP contribution in [0.15, 0.2) is 23.1 Å². The molecule has 0 unspecified atom stereocenters. The van der Waals surface area contributed by atoms with E-state index in [0.717, 1.165) is 0 Å². The van der Waals surface area contributed by atoms with Gasteiger partial charge in [-0.05, 0) is 38.8 Å². The molecule has 0 bridgehead atoms. The van der Waals surface area contributed by atoms with Crippen LogP contribution in [0.3, 0.4) is 0 Å². The average Bonchev–Trinajstić information content (AvgIpc) is 2.63. The van der Waals surface area contributed by atoms with E-state index < -0.39 is 4.92 Å². The summed E-state index contributed by atoms with van der Waals surface area (Å²) in [5.74, 6) is 0.305. The first kappa shape index (κ1) is 10.7. The van der Waals surface area contributed by atoms with Gasteiger partial charge in [0.1, 0.15) is 12.2 Å². The Hall–Kier alpha value is -1.83. The van der Waals surface area contributed by atoms with Crippen molar-refractivity contribution in [1.29, 1.82) is 0 Å². The van der Waals surface area contributed by atoms with Crippen molar-refractivity contribution in [3.05, 3.63) is 39.0 Å². The van der Waals surface area contributed by atoms with Gasteiger partial charge in [0.05, 0.1) is 4.47 Å². The van der Waals surface area contributed by atoms with Gasteiger partial charge in [0.15, 0.2) is 11.9 Å². The van der Waals surface area contributed by atoms with E-state index in [2.05, 4.69) is 31.0 Å². The fourth-order valence-corrected chi connectivity index (χ4v) is 1.57. The Bertz CT molecular complexity index is 553. The van der Waals surface area contributed by atoms with Crippen LogP contribution in [-0.2, 0) is 0 Å². The Morgan fingerprint density at radius 3 is 2.81 bits per heavy atom. The van der Waals surface area contributed by atoms with Gasteiger partial charge in [-0.25, -0.2) is 9.67 Å². The summed E-state index contributed by atoms with van der Waals surface area (Å²) in [6, 6.07) is 1.58. The van der Waals surface area contributed by atoms with Gasteiger partial charge >= 0.3 is 5.82 Å². The van der Waals surface area contributed by atoms with Crippen LogP contribution in [-0.4, -0.2) is 24.7 Å². The smallest absolute Gasteiger partial charge is 0.358 e. The summed E-state index contributed by atoms with van der Waals surface area (Å²) in [6.07, 6.45) is 2.70. The molecule has 2 aromatic rings. The fraction of sp³-hybridized carbons (Fsp3) is 0.125. The molecule has 82 valence electrons. The zero-order valence-corrected chi connectivity index (χ0v) is 9.75. The molecule has 0 aliphatic heterocycles. The highest BCUT2D eigenvalue weighted by Gasteiger charge is 2.19.